The van der Waals surface area contributed by atoms with E-state index in [4.69, 9.17) is 4.74 Å². The van der Waals surface area contributed by atoms with Crippen LogP contribution in [-0.4, -0.2) is 28.8 Å². The van der Waals surface area contributed by atoms with Crippen molar-refractivity contribution in [1.82, 2.24) is 5.32 Å². The molecule has 0 saturated heterocycles. The lowest BCUT2D eigenvalue weighted by Crippen LogP contribution is -2.37. The van der Waals surface area contributed by atoms with Crippen molar-refractivity contribution in [1.29, 1.82) is 0 Å². The van der Waals surface area contributed by atoms with Crippen LogP contribution in [0.25, 0.3) is 11.1 Å². The van der Waals surface area contributed by atoms with Gasteiger partial charge in [-0.15, -0.1) is 0 Å². The van der Waals surface area contributed by atoms with Gasteiger partial charge >= 0.3 is 6.09 Å². The average Bonchev–Trinajstić information content (AvgIpc) is 2.66. The molecule has 0 spiro atoms. The van der Waals surface area contributed by atoms with Crippen LogP contribution in [-0.2, 0) is 9.53 Å². The molecule has 3 rings (SSSR count). The number of rotatable bonds is 1. The molecule has 0 aromatic heterocycles. The van der Waals surface area contributed by atoms with E-state index in [0.29, 0.717) is 22.4 Å². The van der Waals surface area contributed by atoms with Gasteiger partial charge in [-0.05, 0) is 81.1 Å². The van der Waals surface area contributed by atoms with Gasteiger partial charge in [-0.25, -0.2) is 13.6 Å². The second-order valence-electron chi connectivity index (χ2n) is 9.18. The number of aliphatic hydroxyl groups is 1. The second-order valence-corrected chi connectivity index (χ2v) is 9.18. The molecular formula is C24H28F2N2O4. The standard InChI is InChI=1S/C24H28F2N2O4/c1-13-7-18(29)12-21(28-23(31)32-24(2,3)4)15-8-14(9-17(26)10-15)19-11-16(25)5-6-20(19)27-22(13)30/h5-6,8-11,13,18,21,29H,7,12H2,1-4H3,(H,27,30)(H,28,31)/t13-,18?,21+/m1/s1. The van der Waals surface area contributed by atoms with Crippen LogP contribution in [0.3, 0.4) is 0 Å². The van der Waals surface area contributed by atoms with E-state index in [1.165, 1.54) is 30.3 Å². The van der Waals surface area contributed by atoms with Gasteiger partial charge in [0.25, 0.3) is 0 Å². The number of ether oxygens (including phenoxy) is 1. The molecule has 3 atom stereocenters. The van der Waals surface area contributed by atoms with E-state index in [1.54, 1.807) is 33.8 Å². The highest BCUT2D eigenvalue weighted by molar-refractivity contribution is 5.96. The summed E-state index contributed by atoms with van der Waals surface area (Å²) < 4.78 is 34.0. The van der Waals surface area contributed by atoms with Gasteiger partial charge in [-0.2, -0.15) is 0 Å². The number of halogens is 2. The third-order valence-electron chi connectivity index (χ3n) is 5.14. The van der Waals surface area contributed by atoms with Gasteiger partial charge in [-0.3, -0.25) is 4.79 Å². The molecule has 3 N–H and O–H groups in total. The summed E-state index contributed by atoms with van der Waals surface area (Å²) in [7, 11) is 0. The normalized spacial score (nSPS) is 21.5. The molecule has 0 aliphatic carbocycles. The predicted octanol–water partition coefficient (Wildman–Crippen LogP) is 4.93. The number of nitrogens with one attached hydrogen (secondary N) is 2. The summed E-state index contributed by atoms with van der Waals surface area (Å²) in [6.45, 7) is 6.82. The number of benzene rings is 2. The number of aliphatic hydroxyl groups excluding tert-OH is 1. The van der Waals surface area contributed by atoms with Crippen molar-refractivity contribution in [3.8, 4) is 11.1 Å². The number of carbonyl (C=O) groups is 2. The molecule has 8 heteroatoms. The Labute approximate surface area is 186 Å². The smallest absolute Gasteiger partial charge is 0.408 e. The Morgan fingerprint density at radius 1 is 1.12 bits per heavy atom. The average molecular weight is 446 g/mol. The van der Waals surface area contributed by atoms with Crippen molar-refractivity contribution >= 4 is 17.7 Å². The minimum atomic E-state index is -0.950. The first-order valence-corrected chi connectivity index (χ1v) is 10.5. The summed E-state index contributed by atoms with van der Waals surface area (Å²) in [6, 6.07) is 7.13. The highest BCUT2D eigenvalue weighted by Crippen LogP contribution is 2.34. The van der Waals surface area contributed by atoms with Gasteiger partial charge in [0.15, 0.2) is 0 Å². The number of alkyl carbamates (subject to hydrolysis) is 1. The fourth-order valence-corrected chi connectivity index (χ4v) is 3.70. The largest absolute Gasteiger partial charge is 0.444 e. The monoisotopic (exact) mass is 446 g/mol. The lowest BCUT2D eigenvalue weighted by Gasteiger charge is -2.27. The molecular weight excluding hydrogens is 418 g/mol. The third-order valence-corrected chi connectivity index (χ3v) is 5.14. The van der Waals surface area contributed by atoms with E-state index in [2.05, 4.69) is 10.6 Å². The number of amides is 2. The molecule has 1 aliphatic heterocycles. The lowest BCUT2D eigenvalue weighted by molar-refractivity contribution is -0.120. The zero-order valence-corrected chi connectivity index (χ0v) is 18.5. The molecule has 1 unspecified atom stereocenters. The predicted molar refractivity (Wildman–Crippen MR) is 117 cm³/mol. The van der Waals surface area contributed by atoms with E-state index < -0.39 is 41.4 Å². The molecule has 32 heavy (non-hydrogen) atoms. The molecule has 6 nitrogen and oxygen atoms in total. The molecule has 0 radical (unpaired) electrons. The van der Waals surface area contributed by atoms with E-state index in [1.807, 2.05) is 0 Å². The zero-order chi connectivity index (χ0) is 23.6. The van der Waals surface area contributed by atoms with Crippen molar-refractivity contribution in [3.05, 3.63) is 53.6 Å². The zero-order valence-electron chi connectivity index (χ0n) is 18.5. The van der Waals surface area contributed by atoms with Gasteiger partial charge in [0.05, 0.1) is 12.1 Å². The molecule has 172 valence electrons. The molecule has 1 heterocycles. The van der Waals surface area contributed by atoms with E-state index in [-0.39, 0.29) is 18.7 Å². The maximum Gasteiger partial charge on any atom is 0.408 e. The molecule has 2 aromatic rings. The summed E-state index contributed by atoms with van der Waals surface area (Å²) >= 11 is 0. The van der Waals surface area contributed by atoms with E-state index in [0.717, 1.165) is 0 Å². The van der Waals surface area contributed by atoms with Gasteiger partial charge in [-0.1, -0.05) is 6.92 Å². The van der Waals surface area contributed by atoms with Crippen LogP contribution in [0.2, 0.25) is 0 Å². The van der Waals surface area contributed by atoms with Crippen molar-refractivity contribution in [2.24, 2.45) is 5.92 Å². The van der Waals surface area contributed by atoms with Gasteiger partial charge in [0, 0.05) is 17.2 Å². The minimum absolute atomic E-state index is 0.0375. The first-order valence-electron chi connectivity index (χ1n) is 10.5. The summed E-state index contributed by atoms with van der Waals surface area (Å²) in [6.07, 6.45) is -1.51. The first-order chi connectivity index (χ1) is 14.9. The van der Waals surface area contributed by atoms with Crippen LogP contribution in [0.4, 0.5) is 19.3 Å². The van der Waals surface area contributed by atoms with E-state index in [9.17, 15) is 23.5 Å². The third kappa shape index (κ3) is 6.03. The number of anilines is 1. The highest BCUT2D eigenvalue weighted by atomic mass is 19.1. The number of carbonyl (C=O) groups excluding carboxylic acids is 2. The van der Waals surface area contributed by atoms with Crippen LogP contribution in [0.15, 0.2) is 36.4 Å². The van der Waals surface area contributed by atoms with Crippen LogP contribution < -0.4 is 10.6 Å². The van der Waals surface area contributed by atoms with Gasteiger partial charge < -0.3 is 20.5 Å². The number of fused-ring (bicyclic) bond motifs is 4. The fraction of sp³-hybridized carbons (Fsp3) is 0.417. The Hall–Kier alpha value is -3.00. The minimum Gasteiger partial charge on any atom is -0.444 e. The maximum absolute atomic E-state index is 14.6. The Bertz CT molecular complexity index is 1020. The van der Waals surface area contributed by atoms with Crippen LogP contribution in [0.5, 0.6) is 0 Å². The van der Waals surface area contributed by atoms with Crippen molar-refractivity contribution in [2.75, 3.05) is 5.32 Å². The van der Waals surface area contributed by atoms with Gasteiger partial charge in [0.2, 0.25) is 5.91 Å². The van der Waals surface area contributed by atoms with Crippen LogP contribution in [0.1, 0.15) is 52.1 Å². The number of hydrogen-bond acceptors (Lipinski definition) is 4. The van der Waals surface area contributed by atoms with Crippen LogP contribution in [0, 0.1) is 17.6 Å². The van der Waals surface area contributed by atoms with Crippen molar-refractivity contribution < 1.29 is 28.2 Å². The van der Waals surface area contributed by atoms with Crippen LogP contribution >= 0.6 is 0 Å². The van der Waals surface area contributed by atoms with E-state index >= 15 is 0 Å². The highest BCUT2D eigenvalue weighted by Gasteiger charge is 2.27. The molecule has 2 aromatic carbocycles. The Balaban J connectivity index is 2.10. The SMILES string of the molecule is C[C@@H]1CC(O)C[C@H](NC(=O)OC(C)(C)C)c2cc(F)cc(c2)-c2cc(F)ccc2NC1=O. The summed E-state index contributed by atoms with van der Waals surface area (Å²) in [5, 5.41) is 16.1. The Kier molecular flexibility index (Phi) is 6.83. The lowest BCUT2D eigenvalue weighted by atomic mass is 9.91. The molecule has 2 bridgehead atoms. The summed E-state index contributed by atoms with van der Waals surface area (Å²) in [5.41, 5.74) is 0.604. The summed E-state index contributed by atoms with van der Waals surface area (Å²) in [5.74, 6) is -2.05. The topological polar surface area (TPSA) is 87.7 Å². The molecule has 2 amide bonds. The molecule has 0 fully saturated rings. The Morgan fingerprint density at radius 3 is 2.53 bits per heavy atom. The quantitative estimate of drug-likeness (QED) is 0.580. The Morgan fingerprint density at radius 2 is 1.84 bits per heavy atom. The van der Waals surface area contributed by atoms with Gasteiger partial charge in [0.1, 0.15) is 17.2 Å². The molecule has 1 aliphatic rings. The summed E-state index contributed by atoms with van der Waals surface area (Å²) in [4.78, 5) is 25.1. The maximum atomic E-state index is 14.6. The fourth-order valence-electron chi connectivity index (χ4n) is 3.70. The first kappa shape index (κ1) is 23.7. The number of hydrogen-bond donors (Lipinski definition) is 3. The van der Waals surface area contributed by atoms with Crippen molar-refractivity contribution in [3.63, 3.8) is 0 Å². The second kappa shape index (κ2) is 9.24. The molecule has 0 saturated carbocycles. The van der Waals surface area contributed by atoms with Crippen molar-refractivity contribution in [2.45, 2.75) is 58.3 Å².